The molecule has 4 nitrogen and oxygen atoms in total. The number of carbonyl (C=O) groups is 1. The van der Waals surface area contributed by atoms with Crippen molar-refractivity contribution in [1.82, 2.24) is 10.2 Å². The van der Waals surface area contributed by atoms with Crippen molar-refractivity contribution in [1.29, 1.82) is 0 Å². The molecule has 0 heterocycles. The Balaban J connectivity index is 3.60. The van der Waals surface area contributed by atoms with Crippen LogP contribution in [0, 0.1) is 0 Å². The van der Waals surface area contributed by atoms with Gasteiger partial charge in [-0.3, -0.25) is 9.59 Å². The van der Waals surface area contributed by atoms with E-state index in [0.29, 0.717) is 0 Å². The van der Waals surface area contributed by atoms with Crippen molar-refractivity contribution in [3.8, 4) is 0 Å². The Hall–Kier alpha value is -1.06. The van der Waals surface area contributed by atoms with E-state index in [2.05, 4.69) is 5.32 Å². The summed E-state index contributed by atoms with van der Waals surface area (Å²) in [4.78, 5) is 22.0. The van der Waals surface area contributed by atoms with Gasteiger partial charge in [0.15, 0.2) is 0 Å². The Morgan fingerprint density at radius 3 is 2.55 bits per heavy atom. The Labute approximate surface area is 66.6 Å². The lowest BCUT2D eigenvalue weighted by Gasteiger charge is -2.11. The molecule has 4 heteroatoms. The largest absolute Gasteiger partial charge is 0.352 e. The van der Waals surface area contributed by atoms with Gasteiger partial charge in [0.05, 0.1) is 6.54 Å². The van der Waals surface area contributed by atoms with Crippen LogP contribution in [0.4, 0.5) is 0 Å². The molecule has 0 aromatic carbocycles. The predicted octanol–water partition coefficient (Wildman–Crippen LogP) is -0.490. The minimum absolute atomic E-state index is 0.0711. The minimum atomic E-state index is -0.161. The third-order valence-corrected chi connectivity index (χ3v) is 0.986. The summed E-state index contributed by atoms with van der Waals surface area (Å²) in [5, 5.41) is 2.65. The van der Waals surface area contributed by atoms with Gasteiger partial charge in [-0.05, 0) is 13.8 Å². The molecular formula is C7H13N2O2. The van der Waals surface area contributed by atoms with E-state index in [-0.39, 0.29) is 18.5 Å². The van der Waals surface area contributed by atoms with Crippen LogP contribution in [0.15, 0.2) is 0 Å². The molecule has 1 radical (unpaired) electrons. The topological polar surface area (TPSA) is 49.4 Å². The van der Waals surface area contributed by atoms with Gasteiger partial charge in [0.2, 0.25) is 5.91 Å². The van der Waals surface area contributed by atoms with Gasteiger partial charge in [0.25, 0.3) is 0 Å². The van der Waals surface area contributed by atoms with Crippen LogP contribution in [-0.4, -0.2) is 36.9 Å². The fourth-order valence-corrected chi connectivity index (χ4v) is 0.615. The summed E-state index contributed by atoms with van der Waals surface area (Å²) in [6.07, 6.45) is 1.59. The summed E-state index contributed by atoms with van der Waals surface area (Å²) in [7, 11) is 1.51. The van der Waals surface area contributed by atoms with Crippen LogP contribution in [0.3, 0.4) is 0 Å². The molecule has 0 aliphatic carbocycles. The summed E-state index contributed by atoms with van der Waals surface area (Å²) in [6, 6.07) is 0.113. The van der Waals surface area contributed by atoms with Crippen LogP contribution in [0.5, 0.6) is 0 Å². The zero-order chi connectivity index (χ0) is 8.85. The molecule has 0 atom stereocenters. The number of amides is 2. The van der Waals surface area contributed by atoms with Gasteiger partial charge in [0, 0.05) is 13.1 Å². The summed E-state index contributed by atoms with van der Waals surface area (Å²) < 4.78 is 0. The summed E-state index contributed by atoms with van der Waals surface area (Å²) >= 11 is 0. The van der Waals surface area contributed by atoms with E-state index in [1.807, 2.05) is 13.8 Å². The summed E-state index contributed by atoms with van der Waals surface area (Å²) in [5.74, 6) is -0.161. The Bertz CT molecular complexity index is 145. The minimum Gasteiger partial charge on any atom is -0.352 e. The molecule has 63 valence electrons. The lowest BCUT2D eigenvalue weighted by molar-refractivity contribution is -0.121. The molecule has 0 fully saturated rings. The van der Waals surface area contributed by atoms with Crippen molar-refractivity contribution >= 4 is 12.3 Å². The highest BCUT2D eigenvalue weighted by Gasteiger charge is 2.05. The maximum absolute atomic E-state index is 10.9. The van der Waals surface area contributed by atoms with Gasteiger partial charge >= 0.3 is 6.41 Å². The standard InChI is InChI=1S/C7H13N2O2/c1-6(2)8-7(11)4-9(3)5-10/h6H,4H2,1-3H3,(H,8,11). The Kier molecular flexibility index (Phi) is 4.26. The van der Waals surface area contributed by atoms with E-state index in [9.17, 15) is 9.59 Å². The van der Waals surface area contributed by atoms with Crippen molar-refractivity contribution in [3.05, 3.63) is 0 Å². The highest BCUT2D eigenvalue weighted by molar-refractivity contribution is 5.79. The van der Waals surface area contributed by atoms with Crippen LogP contribution in [-0.2, 0) is 9.59 Å². The third-order valence-electron chi connectivity index (χ3n) is 0.986. The molecule has 2 amide bonds. The Morgan fingerprint density at radius 2 is 2.18 bits per heavy atom. The van der Waals surface area contributed by atoms with Crippen molar-refractivity contribution in [3.63, 3.8) is 0 Å². The van der Waals surface area contributed by atoms with Crippen molar-refractivity contribution < 1.29 is 9.59 Å². The maximum Gasteiger partial charge on any atom is 0.312 e. The maximum atomic E-state index is 10.9. The molecule has 11 heavy (non-hydrogen) atoms. The molecule has 1 N–H and O–H groups in total. The highest BCUT2D eigenvalue weighted by Crippen LogP contribution is 1.79. The van der Waals surface area contributed by atoms with Crippen LogP contribution in [0.25, 0.3) is 0 Å². The molecule has 0 aliphatic rings. The van der Waals surface area contributed by atoms with E-state index in [4.69, 9.17) is 0 Å². The van der Waals surface area contributed by atoms with Gasteiger partial charge in [-0.15, -0.1) is 0 Å². The van der Waals surface area contributed by atoms with Gasteiger partial charge in [-0.25, -0.2) is 0 Å². The second kappa shape index (κ2) is 4.71. The van der Waals surface area contributed by atoms with Gasteiger partial charge < -0.3 is 10.2 Å². The molecule has 0 aliphatic heterocycles. The highest BCUT2D eigenvalue weighted by atomic mass is 16.2. The lowest BCUT2D eigenvalue weighted by Crippen LogP contribution is -2.38. The molecule has 0 spiro atoms. The number of hydrogen-bond donors (Lipinski definition) is 1. The number of nitrogens with zero attached hydrogens (tertiary/aromatic N) is 1. The summed E-state index contributed by atoms with van der Waals surface area (Å²) in [5.41, 5.74) is 0. The van der Waals surface area contributed by atoms with Crippen LogP contribution >= 0.6 is 0 Å². The number of hydrogen-bond acceptors (Lipinski definition) is 2. The van der Waals surface area contributed by atoms with Crippen molar-refractivity contribution in [2.75, 3.05) is 13.6 Å². The first kappa shape index (κ1) is 9.94. The van der Waals surface area contributed by atoms with E-state index < -0.39 is 0 Å². The zero-order valence-electron chi connectivity index (χ0n) is 7.05. The fourth-order valence-electron chi connectivity index (χ4n) is 0.615. The van der Waals surface area contributed by atoms with Gasteiger partial charge in [-0.1, -0.05) is 0 Å². The monoisotopic (exact) mass is 157 g/mol. The van der Waals surface area contributed by atoms with Crippen molar-refractivity contribution in [2.45, 2.75) is 19.9 Å². The molecule has 0 unspecified atom stereocenters. The molecule has 0 aromatic rings. The molecule has 0 bridgehead atoms. The van der Waals surface area contributed by atoms with Gasteiger partial charge in [-0.2, -0.15) is 0 Å². The van der Waals surface area contributed by atoms with E-state index in [1.165, 1.54) is 7.05 Å². The van der Waals surface area contributed by atoms with Crippen LogP contribution in [0.1, 0.15) is 13.8 Å². The molecule has 0 saturated carbocycles. The molecule has 0 rings (SSSR count). The first-order valence-electron chi connectivity index (χ1n) is 3.44. The third kappa shape index (κ3) is 5.39. The zero-order valence-corrected chi connectivity index (χ0v) is 7.05. The SMILES string of the molecule is CC(C)NC(=O)CN(C)[C]=O. The Morgan fingerprint density at radius 1 is 1.64 bits per heavy atom. The number of rotatable bonds is 4. The smallest absolute Gasteiger partial charge is 0.312 e. The molecular weight excluding hydrogens is 144 g/mol. The van der Waals surface area contributed by atoms with E-state index in [1.54, 1.807) is 6.41 Å². The quantitative estimate of drug-likeness (QED) is 0.560. The van der Waals surface area contributed by atoms with Crippen LogP contribution < -0.4 is 5.32 Å². The number of likely N-dealkylation sites (N-methyl/N-ethyl adjacent to an activating group) is 1. The van der Waals surface area contributed by atoms with E-state index >= 15 is 0 Å². The summed E-state index contributed by atoms with van der Waals surface area (Å²) in [6.45, 7) is 3.80. The first-order valence-corrected chi connectivity index (χ1v) is 3.44. The fraction of sp³-hybridized carbons (Fsp3) is 0.714. The number of nitrogens with one attached hydrogen (secondary N) is 1. The predicted molar refractivity (Wildman–Crippen MR) is 41.6 cm³/mol. The average molecular weight is 157 g/mol. The first-order chi connectivity index (χ1) is 5.06. The van der Waals surface area contributed by atoms with Crippen LogP contribution in [0.2, 0.25) is 0 Å². The second-order valence-electron chi connectivity index (χ2n) is 2.67. The average Bonchev–Trinajstić information content (AvgIpc) is 1.85. The molecule has 0 aromatic heterocycles. The number of carbonyl (C=O) groups excluding carboxylic acids is 2. The molecule has 0 saturated heterocycles. The normalized spacial score (nSPS) is 9.45. The second-order valence-corrected chi connectivity index (χ2v) is 2.67. The lowest BCUT2D eigenvalue weighted by atomic mass is 10.4. The van der Waals surface area contributed by atoms with Crippen molar-refractivity contribution in [2.24, 2.45) is 0 Å². The van der Waals surface area contributed by atoms with Gasteiger partial charge in [0.1, 0.15) is 0 Å². The van der Waals surface area contributed by atoms with E-state index in [0.717, 1.165) is 4.90 Å².